The molecule has 0 bridgehead atoms. The highest BCUT2D eigenvalue weighted by atomic mass is 16.6. The molecule has 0 amide bonds. The summed E-state index contributed by atoms with van der Waals surface area (Å²) in [6, 6.07) is 14.7. The molecule has 3 aromatic carbocycles. The van der Waals surface area contributed by atoms with Crippen molar-refractivity contribution >= 4 is 35.8 Å². The Balaban J connectivity index is 1.78. The Labute approximate surface area is 191 Å². The van der Waals surface area contributed by atoms with Gasteiger partial charge in [-0.25, -0.2) is 28.8 Å². The predicted octanol–water partition coefficient (Wildman–Crippen LogP) is 3.08. The molecule has 0 radical (unpaired) electrons. The van der Waals surface area contributed by atoms with Crippen molar-refractivity contribution in [3.63, 3.8) is 0 Å². The van der Waals surface area contributed by atoms with Crippen molar-refractivity contribution in [2.75, 3.05) is 0 Å². The number of ether oxygens (including phenoxy) is 2. The Morgan fingerprint density at radius 1 is 0.471 bits per heavy atom. The molecule has 0 fully saturated rings. The third kappa shape index (κ3) is 5.37. The zero-order valence-electron chi connectivity index (χ0n) is 17.1. The van der Waals surface area contributed by atoms with E-state index >= 15 is 0 Å². The van der Waals surface area contributed by atoms with Crippen LogP contribution in [-0.4, -0.2) is 46.0 Å². The summed E-state index contributed by atoms with van der Waals surface area (Å²) in [5.74, 6) is -7.35. The lowest BCUT2D eigenvalue weighted by Crippen LogP contribution is -2.19. The molecule has 0 unspecified atom stereocenters. The number of esters is 4. The molecule has 0 aliphatic carbocycles. The quantitative estimate of drug-likeness (QED) is 0.411. The van der Waals surface area contributed by atoms with Crippen molar-refractivity contribution in [1.29, 1.82) is 0 Å². The van der Waals surface area contributed by atoms with Gasteiger partial charge in [0, 0.05) is 0 Å². The Kier molecular flexibility index (Phi) is 6.92. The number of carbonyl (C=O) groups excluding carboxylic acids is 4. The maximum atomic E-state index is 12.5. The van der Waals surface area contributed by atoms with Crippen LogP contribution in [0.25, 0.3) is 0 Å². The van der Waals surface area contributed by atoms with Gasteiger partial charge in [-0.05, 0) is 48.5 Å². The van der Waals surface area contributed by atoms with Crippen molar-refractivity contribution in [2.24, 2.45) is 0 Å². The summed E-state index contributed by atoms with van der Waals surface area (Å²) in [6.45, 7) is 0. The second-order valence-electron chi connectivity index (χ2n) is 6.67. The van der Waals surface area contributed by atoms with E-state index in [1.807, 2.05) is 0 Å². The van der Waals surface area contributed by atoms with Gasteiger partial charge in [-0.3, -0.25) is 0 Å². The van der Waals surface area contributed by atoms with Gasteiger partial charge in [0.15, 0.2) is 0 Å². The van der Waals surface area contributed by atoms with Gasteiger partial charge in [0.2, 0.25) is 0 Å². The van der Waals surface area contributed by atoms with E-state index < -0.39 is 35.8 Å². The van der Waals surface area contributed by atoms with Crippen molar-refractivity contribution in [2.45, 2.75) is 0 Å². The zero-order chi connectivity index (χ0) is 24.8. The van der Waals surface area contributed by atoms with E-state index in [-0.39, 0.29) is 33.4 Å². The van der Waals surface area contributed by atoms with Gasteiger partial charge in [0.05, 0.1) is 33.4 Å². The first-order chi connectivity index (χ1) is 16.2. The summed E-state index contributed by atoms with van der Waals surface area (Å²) >= 11 is 0. The maximum Gasteiger partial charge on any atom is 0.346 e. The van der Waals surface area contributed by atoms with Crippen LogP contribution >= 0.6 is 0 Å². The molecule has 0 heterocycles. The van der Waals surface area contributed by atoms with Crippen LogP contribution in [-0.2, 0) is 9.47 Å². The molecule has 2 N–H and O–H groups in total. The van der Waals surface area contributed by atoms with Gasteiger partial charge in [-0.15, -0.1) is 0 Å². The number of benzene rings is 3. The lowest BCUT2D eigenvalue weighted by molar-refractivity contribution is 0.0356. The summed E-state index contributed by atoms with van der Waals surface area (Å²) in [4.78, 5) is 71.7. The van der Waals surface area contributed by atoms with E-state index in [1.165, 1.54) is 48.5 Å². The van der Waals surface area contributed by atoms with E-state index in [1.54, 1.807) is 0 Å². The summed E-state index contributed by atoms with van der Waals surface area (Å²) in [5.41, 5.74) is -1.58. The van der Waals surface area contributed by atoms with Crippen molar-refractivity contribution < 1.29 is 48.5 Å². The van der Waals surface area contributed by atoms with E-state index in [9.17, 15) is 28.8 Å². The number of hydrogen-bond donors (Lipinski definition) is 2. The average molecular weight is 462 g/mol. The summed E-state index contributed by atoms with van der Waals surface area (Å²) in [6.07, 6.45) is 0. The lowest BCUT2D eigenvalue weighted by atomic mass is 10.1. The fraction of sp³-hybridized carbons (Fsp3) is 0. The molecule has 10 nitrogen and oxygen atoms in total. The van der Waals surface area contributed by atoms with Crippen LogP contribution in [0.4, 0.5) is 0 Å². The maximum absolute atomic E-state index is 12.5. The number of hydrogen-bond acceptors (Lipinski definition) is 8. The van der Waals surface area contributed by atoms with Crippen molar-refractivity contribution in [3.8, 4) is 0 Å². The molecule has 0 saturated heterocycles. The fourth-order valence-electron chi connectivity index (χ4n) is 2.79. The molecule has 34 heavy (non-hydrogen) atoms. The molecule has 0 saturated carbocycles. The molecule has 0 aliphatic rings. The van der Waals surface area contributed by atoms with Crippen molar-refractivity contribution in [1.82, 2.24) is 0 Å². The van der Waals surface area contributed by atoms with Crippen LogP contribution in [0.3, 0.4) is 0 Å². The van der Waals surface area contributed by atoms with Gasteiger partial charge in [0.25, 0.3) is 0 Å². The van der Waals surface area contributed by atoms with Crippen LogP contribution in [0.2, 0.25) is 0 Å². The lowest BCUT2D eigenvalue weighted by Gasteiger charge is -2.09. The van der Waals surface area contributed by atoms with Gasteiger partial charge >= 0.3 is 35.8 Å². The normalized spacial score (nSPS) is 10.1. The molecule has 0 aliphatic heterocycles. The highest BCUT2D eigenvalue weighted by Crippen LogP contribution is 2.16. The third-order valence-corrected chi connectivity index (χ3v) is 4.43. The summed E-state index contributed by atoms with van der Waals surface area (Å²) in [7, 11) is 0. The third-order valence-electron chi connectivity index (χ3n) is 4.43. The minimum Gasteiger partial charge on any atom is -0.478 e. The van der Waals surface area contributed by atoms with Crippen LogP contribution in [0.1, 0.15) is 62.1 Å². The Hall–Kier alpha value is -5.12. The van der Waals surface area contributed by atoms with Gasteiger partial charge < -0.3 is 19.7 Å². The molecule has 10 heteroatoms. The number of carbonyl (C=O) groups is 6. The van der Waals surface area contributed by atoms with Crippen LogP contribution < -0.4 is 0 Å². The number of carboxylic acids is 2. The molecule has 0 atom stereocenters. The second kappa shape index (κ2) is 10.0. The first-order valence-electron chi connectivity index (χ1n) is 9.46. The van der Waals surface area contributed by atoms with E-state index in [4.69, 9.17) is 19.7 Å². The van der Waals surface area contributed by atoms with Crippen molar-refractivity contribution in [3.05, 3.63) is 106 Å². The molecule has 3 aromatic rings. The monoisotopic (exact) mass is 462 g/mol. The minimum atomic E-state index is -1.28. The molecular weight excluding hydrogens is 448 g/mol. The summed E-state index contributed by atoms with van der Waals surface area (Å²) in [5, 5.41) is 18.0. The highest BCUT2D eigenvalue weighted by molar-refractivity contribution is 6.11. The van der Waals surface area contributed by atoms with Gasteiger partial charge in [0.1, 0.15) is 0 Å². The smallest absolute Gasteiger partial charge is 0.346 e. The van der Waals surface area contributed by atoms with Crippen LogP contribution in [0.5, 0.6) is 0 Å². The summed E-state index contributed by atoms with van der Waals surface area (Å²) < 4.78 is 9.50. The largest absolute Gasteiger partial charge is 0.478 e. The minimum absolute atomic E-state index is 0.198. The topological polar surface area (TPSA) is 161 Å². The second-order valence-corrected chi connectivity index (χ2v) is 6.67. The SMILES string of the molecule is O=C(O)c1cccc(C(=O)OC(=O)c2ccccc2C(=O)OC(=O)c2cccc(C(=O)O)c2)c1. The standard InChI is InChI=1S/C24H14O10/c25-19(26)13-5-3-7-15(11-13)21(29)33-23(31)17-9-1-2-10-18(17)24(32)34-22(30)16-8-4-6-14(12-16)20(27)28/h1-12H,(H,25,26)(H,27,28). The Morgan fingerprint density at radius 2 is 0.824 bits per heavy atom. The average Bonchev–Trinajstić information content (AvgIpc) is 2.84. The Bertz CT molecular complexity index is 1240. The van der Waals surface area contributed by atoms with E-state index in [0.29, 0.717) is 0 Å². The molecule has 3 rings (SSSR count). The predicted molar refractivity (Wildman–Crippen MR) is 113 cm³/mol. The molecule has 170 valence electrons. The molecular formula is C24H14O10. The fourth-order valence-corrected chi connectivity index (χ4v) is 2.79. The zero-order valence-corrected chi connectivity index (χ0v) is 17.1. The number of aromatic carboxylic acids is 2. The number of rotatable bonds is 6. The Morgan fingerprint density at radius 3 is 1.18 bits per heavy atom. The highest BCUT2D eigenvalue weighted by Gasteiger charge is 2.24. The molecule has 0 aromatic heterocycles. The van der Waals surface area contributed by atoms with Gasteiger partial charge in [-0.2, -0.15) is 0 Å². The van der Waals surface area contributed by atoms with Gasteiger partial charge in [-0.1, -0.05) is 24.3 Å². The van der Waals surface area contributed by atoms with E-state index in [0.717, 1.165) is 24.3 Å². The number of carboxylic acid groups (broad SMARTS) is 2. The first-order valence-corrected chi connectivity index (χ1v) is 9.46. The van der Waals surface area contributed by atoms with Crippen LogP contribution in [0, 0.1) is 0 Å². The molecule has 0 spiro atoms. The van der Waals surface area contributed by atoms with E-state index in [2.05, 4.69) is 0 Å². The van der Waals surface area contributed by atoms with Crippen LogP contribution in [0.15, 0.2) is 72.8 Å². The first kappa shape index (κ1) is 23.5.